The summed E-state index contributed by atoms with van der Waals surface area (Å²) < 4.78 is 0. The summed E-state index contributed by atoms with van der Waals surface area (Å²) in [4.78, 5) is 16.2. The number of nitrogens with zero attached hydrogens (tertiary/aromatic N) is 1. The van der Waals surface area contributed by atoms with E-state index >= 15 is 0 Å². The molecule has 2 N–H and O–H groups in total. The zero-order valence-corrected chi connectivity index (χ0v) is 11.5. The summed E-state index contributed by atoms with van der Waals surface area (Å²) >= 11 is 0. The maximum absolute atomic E-state index is 11.9. The molecule has 0 spiro atoms. The third-order valence-electron chi connectivity index (χ3n) is 2.79. The van der Waals surface area contributed by atoms with Gasteiger partial charge in [-0.1, -0.05) is 26.2 Å². The number of unbranched alkanes of at least 4 members (excludes halogenated alkanes) is 3. The zero-order valence-electron chi connectivity index (χ0n) is 11.5. The summed E-state index contributed by atoms with van der Waals surface area (Å²) in [5.41, 5.74) is 1.51. The molecule has 0 aliphatic carbocycles. The highest BCUT2D eigenvalue weighted by Crippen LogP contribution is 2.09. The van der Waals surface area contributed by atoms with Crippen molar-refractivity contribution < 1.29 is 4.79 Å². The highest BCUT2D eigenvalue weighted by molar-refractivity contribution is 5.94. The van der Waals surface area contributed by atoms with Crippen LogP contribution in [0.3, 0.4) is 0 Å². The van der Waals surface area contributed by atoms with Gasteiger partial charge in [0.2, 0.25) is 0 Å². The molecule has 0 radical (unpaired) electrons. The van der Waals surface area contributed by atoms with E-state index in [1.165, 1.54) is 19.3 Å². The Bertz CT molecular complexity index is 391. The molecule has 1 rings (SSSR count). The molecule has 18 heavy (non-hydrogen) atoms. The van der Waals surface area contributed by atoms with E-state index in [2.05, 4.69) is 22.5 Å². The first kappa shape index (κ1) is 14.5. The fourth-order valence-electron chi connectivity index (χ4n) is 1.78. The number of aryl methyl sites for hydroxylation is 1. The minimum absolute atomic E-state index is 0.0199. The SMILES string of the molecule is CCCCCCNC(=O)c1cc(C)nc(NC)c1. The summed E-state index contributed by atoms with van der Waals surface area (Å²) in [6.07, 6.45) is 4.66. The molecule has 0 aliphatic rings. The molecule has 100 valence electrons. The molecule has 0 saturated carbocycles. The minimum atomic E-state index is -0.0199. The molecule has 0 saturated heterocycles. The van der Waals surface area contributed by atoms with Crippen molar-refractivity contribution in [2.24, 2.45) is 0 Å². The largest absolute Gasteiger partial charge is 0.373 e. The van der Waals surface area contributed by atoms with Gasteiger partial charge in [-0.2, -0.15) is 0 Å². The van der Waals surface area contributed by atoms with Crippen molar-refractivity contribution in [1.29, 1.82) is 0 Å². The van der Waals surface area contributed by atoms with Crippen molar-refractivity contribution in [3.8, 4) is 0 Å². The van der Waals surface area contributed by atoms with E-state index < -0.39 is 0 Å². The number of aromatic nitrogens is 1. The summed E-state index contributed by atoms with van der Waals surface area (Å²) in [5, 5.41) is 5.90. The van der Waals surface area contributed by atoms with E-state index in [1.54, 1.807) is 13.1 Å². The van der Waals surface area contributed by atoms with Crippen molar-refractivity contribution in [3.05, 3.63) is 23.4 Å². The number of carbonyl (C=O) groups is 1. The van der Waals surface area contributed by atoms with Gasteiger partial charge in [-0.3, -0.25) is 4.79 Å². The van der Waals surface area contributed by atoms with Crippen molar-refractivity contribution in [3.63, 3.8) is 0 Å². The van der Waals surface area contributed by atoms with Crippen LogP contribution < -0.4 is 10.6 Å². The number of anilines is 1. The van der Waals surface area contributed by atoms with Gasteiger partial charge in [0.15, 0.2) is 0 Å². The normalized spacial score (nSPS) is 10.2. The van der Waals surface area contributed by atoms with Gasteiger partial charge in [-0.25, -0.2) is 4.98 Å². The lowest BCUT2D eigenvalue weighted by Crippen LogP contribution is -2.24. The van der Waals surface area contributed by atoms with Crippen molar-refractivity contribution in [1.82, 2.24) is 10.3 Å². The van der Waals surface area contributed by atoms with Gasteiger partial charge in [0, 0.05) is 24.8 Å². The molecule has 0 bridgehead atoms. The highest BCUT2D eigenvalue weighted by Gasteiger charge is 2.07. The predicted octanol–water partition coefficient (Wildman–Crippen LogP) is 2.74. The van der Waals surface area contributed by atoms with Gasteiger partial charge >= 0.3 is 0 Å². The van der Waals surface area contributed by atoms with Gasteiger partial charge < -0.3 is 10.6 Å². The molecule has 0 aliphatic heterocycles. The van der Waals surface area contributed by atoms with E-state index in [4.69, 9.17) is 0 Å². The maximum atomic E-state index is 11.9. The van der Waals surface area contributed by atoms with E-state index in [9.17, 15) is 4.79 Å². The van der Waals surface area contributed by atoms with E-state index in [0.717, 1.165) is 24.5 Å². The first-order valence-corrected chi connectivity index (χ1v) is 6.62. The Hall–Kier alpha value is -1.58. The van der Waals surface area contributed by atoms with Gasteiger partial charge in [-0.05, 0) is 25.5 Å². The summed E-state index contributed by atoms with van der Waals surface area (Å²) in [6.45, 7) is 4.81. The molecule has 0 fully saturated rings. The van der Waals surface area contributed by atoms with Crippen LogP contribution in [-0.4, -0.2) is 24.5 Å². The maximum Gasteiger partial charge on any atom is 0.251 e. The van der Waals surface area contributed by atoms with Crippen molar-refractivity contribution in [2.75, 3.05) is 18.9 Å². The molecular weight excluding hydrogens is 226 g/mol. The van der Waals surface area contributed by atoms with Crippen LogP contribution in [0.2, 0.25) is 0 Å². The van der Waals surface area contributed by atoms with E-state index in [1.807, 2.05) is 13.0 Å². The van der Waals surface area contributed by atoms with Crippen LogP contribution in [0.25, 0.3) is 0 Å². The Morgan fingerprint density at radius 2 is 2.06 bits per heavy atom. The Morgan fingerprint density at radius 1 is 1.28 bits per heavy atom. The Labute approximate surface area is 109 Å². The van der Waals surface area contributed by atoms with Gasteiger partial charge in [0.05, 0.1) is 0 Å². The minimum Gasteiger partial charge on any atom is -0.373 e. The Balaban J connectivity index is 2.48. The van der Waals surface area contributed by atoms with Gasteiger partial charge in [0.1, 0.15) is 5.82 Å². The third kappa shape index (κ3) is 4.73. The van der Waals surface area contributed by atoms with Gasteiger partial charge in [-0.15, -0.1) is 0 Å². The fraction of sp³-hybridized carbons (Fsp3) is 0.571. The quantitative estimate of drug-likeness (QED) is 0.731. The first-order valence-electron chi connectivity index (χ1n) is 6.62. The van der Waals surface area contributed by atoms with Gasteiger partial charge in [0.25, 0.3) is 5.91 Å². The summed E-state index contributed by atoms with van der Waals surface area (Å²) in [7, 11) is 1.80. The first-order chi connectivity index (χ1) is 8.67. The average Bonchev–Trinajstić information content (AvgIpc) is 2.37. The molecule has 4 nitrogen and oxygen atoms in total. The molecule has 1 heterocycles. The van der Waals surface area contributed by atoms with Crippen LogP contribution in [0.4, 0.5) is 5.82 Å². The number of carbonyl (C=O) groups excluding carboxylic acids is 1. The number of nitrogens with one attached hydrogen (secondary N) is 2. The lowest BCUT2D eigenvalue weighted by atomic mass is 10.2. The van der Waals surface area contributed by atoms with Crippen LogP contribution in [0, 0.1) is 6.92 Å². The second-order valence-corrected chi connectivity index (χ2v) is 4.45. The molecule has 1 aromatic heterocycles. The fourth-order valence-corrected chi connectivity index (χ4v) is 1.78. The highest BCUT2D eigenvalue weighted by atomic mass is 16.1. The number of hydrogen-bond donors (Lipinski definition) is 2. The third-order valence-corrected chi connectivity index (χ3v) is 2.79. The number of rotatable bonds is 7. The van der Waals surface area contributed by atoms with Crippen LogP contribution in [0.1, 0.15) is 48.7 Å². The molecule has 1 amide bonds. The number of amides is 1. The van der Waals surface area contributed by atoms with E-state index in [0.29, 0.717) is 5.56 Å². The van der Waals surface area contributed by atoms with Crippen LogP contribution in [-0.2, 0) is 0 Å². The van der Waals surface area contributed by atoms with Crippen LogP contribution in [0.15, 0.2) is 12.1 Å². The standard InChI is InChI=1S/C14H23N3O/c1-4-5-6-7-8-16-14(18)12-9-11(2)17-13(10-12)15-3/h9-10H,4-8H2,1-3H3,(H,15,17)(H,16,18). The number of hydrogen-bond acceptors (Lipinski definition) is 3. The lowest BCUT2D eigenvalue weighted by Gasteiger charge is -2.07. The predicted molar refractivity (Wildman–Crippen MR) is 75.0 cm³/mol. The summed E-state index contributed by atoms with van der Waals surface area (Å²) in [6, 6.07) is 3.58. The average molecular weight is 249 g/mol. The molecule has 0 unspecified atom stereocenters. The Morgan fingerprint density at radius 3 is 2.72 bits per heavy atom. The molecular formula is C14H23N3O. The second kappa shape index (κ2) is 7.69. The zero-order chi connectivity index (χ0) is 13.4. The lowest BCUT2D eigenvalue weighted by molar-refractivity contribution is 0.0953. The van der Waals surface area contributed by atoms with Crippen molar-refractivity contribution in [2.45, 2.75) is 39.5 Å². The number of pyridine rings is 1. The Kier molecular flexibility index (Phi) is 6.19. The molecule has 4 heteroatoms. The summed E-state index contributed by atoms with van der Waals surface area (Å²) in [5.74, 6) is 0.708. The second-order valence-electron chi connectivity index (χ2n) is 4.45. The smallest absolute Gasteiger partial charge is 0.251 e. The topological polar surface area (TPSA) is 54.0 Å². The molecule has 0 atom stereocenters. The monoisotopic (exact) mass is 249 g/mol. The van der Waals surface area contributed by atoms with E-state index in [-0.39, 0.29) is 5.91 Å². The molecule has 0 aromatic carbocycles. The van der Waals surface area contributed by atoms with Crippen molar-refractivity contribution >= 4 is 11.7 Å². The van der Waals surface area contributed by atoms with Crippen LogP contribution in [0.5, 0.6) is 0 Å². The van der Waals surface area contributed by atoms with Crippen LogP contribution >= 0.6 is 0 Å². The molecule has 1 aromatic rings.